The molecule has 0 spiro atoms. The van der Waals surface area contributed by atoms with Crippen molar-refractivity contribution in [3.8, 4) is 0 Å². The number of piperidine rings is 1. The van der Waals surface area contributed by atoms with Crippen LogP contribution in [0.15, 0.2) is 12.3 Å². The Hall–Kier alpha value is -2.84. The molecule has 0 aromatic carbocycles. The fraction of sp³-hybridized carbons (Fsp3) is 0.741. The van der Waals surface area contributed by atoms with Crippen LogP contribution in [-0.2, 0) is 22.4 Å². The Morgan fingerprint density at radius 1 is 1.07 bits per heavy atom. The third-order valence-corrected chi connectivity index (χ3v) is 8.54. The smallest absolute Gasteiger partial charge is 0.334 e. The minimum Gasteiger partial charge on any atom is -0.383 e. The van der Waals surface area contributed by atoms with Crippen LogP contribution in [0.2, 0.25) is 0 Å². The molecule has 43 heavy (non-hydrogen) atoms. The number of anilines is 3. The van der Waals surface area contributed by atoms with Crippen molar-refractivity contribution in [1.29, 1.82) is 0 Å². The largest absolute Gasteiger partial charge is 0.383 e. The van der Waals surface area contributed by atoms with E-state index in [1.807, 2.05) is 10.9 Å². The molecule has 2 aliphatic rings. The Morgan fingerprint density at radius 2 is 1.88 bits per heavy atom. The molecule has 1 saturated heterocycles. The van der Waals surface area contributed by atoms with Gasteiger partial charge in [0.1, 0.15) is 23.5 Å². The van der Waals surface area contributed by atoms with Crippen LogP contribution in [0, 0.1) is 5.92 Å². The molecule has 3 heterocycles. The molecule has 1 atom stereocenters. The van der Waals surface area contributed by atoms with Gasteiger partial charge in [0, 0.05) is 38.3 Å². The number of carbonyl (C=O) groups is 1. The molecule has 1 aliphatic heterocycles. The second-order valence-corrected chi connectivity index (χ2v) is 13.3. The summed E-state index contributed by atoms with van der Waals surface area (Å²) in [7, 11) is -4.38. The number of nitrogens with two attached hydrogens (primary N) is 1. The summed E-state index contributed by atoms with van der Waals surface area (Å²) in [6, 6.07) is 2.44. The fourth-order valence-electron chi connectivity index (χ4n) is 5.65. The van der Waals surface area contributed by atoms with Gasteiger partial charge in [-0.1, -0.05) is 24.5 Å². The van der Waals surface area contributed by atoms with Crippen molar-refractivity contribution in [1.82, 2.24) is 40.9 Å². The highest BCUT2D eigenvalue weighted by Crippen LogP contribution is 2.33. The molecule has 1 aliphatic carbocycles. The number of rotatable bonds is 17. The van der Waals surface area contributed by atoms with Crippen molar-refractivity contribution in [2.45, 2.75) is 76.9 Å². The summed E-state index contributed by atoms with van der Waals surface area (Å²) >= 11 is 0. The highest BCUT2D eigenvalue weighted by atomic mass is 31.2. The predicted octanol–water partition coefficient (Wildman–Crippen LogP) is 1.06. The Morgan fingerprint density at radius 3 is 2.70 bits per heavy atom. The van der Waals surface area contributed by atoms with E-state index < -0.39 is 19.7 Å². The predicted molar refractivity (Wildman–Crippen MR) is 166 cm³/mol. The molecule has 1 amide bonds. The van der Waals surface area contributed by atoms with Crippen molar-refractivity contribution < 1.29 is 19.1 Å². The fourth-order valence-corrected chi connectivity index (χ4v) is 6.14. The van der Waals surface area contributed by atoms with Gasteiger partial charge in [0.25, 0.3) is 0 Å². The molecule has 240 valence electrons. The SMILES string of the molecule is Nc1cc(N2CCCC(CNC(=O)CP(=O)(O)O)C2)nc(NCc2cn(CCCNCCCNC3CCCCC3)nn2)n1. The first-order chi connectivity index (χ1) is 20.7. The van der Waals surface area contributed by atoms with Gasteiger partial charge >= 0.3 is 7.60 Å². The summed E-state index contributed by atoms with van der Waals surface area (Å²) in [6.45, 7) is 5.98. The molecular weight excluding hydrogens is 573 g/mol. The van der Waals surface area contributed by atoms with Gasteiger partial charge in [0.05, 0.1) is 12.7 Å². The lowest BCUT2D eigenvalue weighted by molar-refractivity contribution is -0.119. The molecule has 4 rings (SSSR count). The van der Waals surface area contributed by atoms with Crippen LogP contribution >= 0.6 is 7.60 Å². The van der Waals surface area contributed by atoms with Crippen molar-refractivity contribution in [2.75, 3.05) is 61.4 Å². The number of nitrogens with zero attached hydrogens (tertiary/aromatic N) is 6. The average Bonchev–Trinajstić information content (AvgIpc) is 3.44. The molecule has 16 heteroatoms. The molecule has 0 bridgehead atoms. The third kappa shape index (κ3) is 12.4. The molecule has 2 aromatic heterocycles. The summed E-state index contributed by atoms with van der Waals surface area (Å²) in [6.07, 6.45) is 11.8. The van der Waals surface area contributed by atoms with Crippen molar-refractivity contribution in [3.05, 3.63) is 18.0 Å². The lowest BCUT2D eigenvalue weighted by Crippen LogP contribution is -2.42. The van der Waals surface area contributed by atoms with E-state index in [4.69, 9.17) is 15.5 Å². The maximum atomic E-state index is 11.8. The van der Waals surface area contributed by atoms with E-state index in [2.05, 4.69) is 46.4 Å². The number of hydrogen-bond acceptors (Lipinski definition) is 11. The quantitative estimate of drug-likeness (QED) is 0.0975. The molecule has 1 saturated carbocycles. The monoisotopic (exact) mass is 621 g/mol. The molecular formula is C27H48N11O4P. The number of aromatic nitrogens is 5. The number of amides is 1. The Bertz CT molecular complexity index is 1190. The Balaban J connectivity index is 1.14. The summed E-state index contributed by atoms with van der Waals surface area (Å²) in [5, 5.41) is 21.5. The minimum absolute atomic E-state index is 0.121. The zero-order chi connectivity index (χ0) is 30.5. The van der Waals surface area contributed by atoms with Gasteiger partial charge in [-0.2, -0.15) is 9.97 Å². The van der Waals surface area contributed by atoms with Gasteiger partial charge in [-0.05, 0) is 64.1 Å². The van der Waals surface area contributed by atoms with Crippen LogP contribution in [-0.4, -0.2) is 92.1 Å². The van der Waals surface area contributed by atoms with Crippen LogP contribution in [0.5, 0.6) is 0 Å². The first-order valence-corrected chi connectivity index (χ1v) is 17.3. The molecule has 0 radical (unpaired) electrons. The Labute approximate surface area is 253 Å². The molecule has 2 fully saturated rings. The van der Waals surface area contributed by atoms with E-state index in [-0.39, 0.29) is 5.92 Å². The van der Waals surface area contributed by atoms with Gasteiger partial charge in [0.2, 0.25) is 11.9 Å². The number of nitrogen functional groups attached to an aromatic ring is 1. The van der Waals surface area contributed by atoms with Crippen LogP contribution < -0.4 is 31.9 Å². The van der Waals surface area contributed by atoms with Gasteiger partial charge in [0.15, 0.2) is 0 Å². The van der Waals surface area contributed by atoms with Crippen molar-refractivity contribution >= 4 is 31.1 Å². The summed E-state index contributed by atoms with van der Waals surface area (Å²) in [5.74, 6) is 0.886. The zero-order valence-electron chi connectivity index (χ0n) is 25.0. The normalized spacial score (nSPS) is 18.1. The first-order valence-electron chi connectivity index (χ1n) is 15.5. The third-order valence-electron chi connectivity index (χ3n) is 7.84. The van der Waals surface area contributed by atoms with Crippen LogP contribution in [0.4, 0.5) is 17.6 Å². The zero-order valence-corrected chi connectivity index (χ0v) is 25.9. The Kier molecular flexibility index (Phi) is 13.0. The summed E-state index contributed by atoms with van der Waals surface area (Å²) in [4.78, 5) is 40.8. The standard InChI is InChI=1S/C27H48N11O4P/c28-24-15-25(37-13-4-7-21(18-37)16-31-26(39)20-43(40,41)42)34-27(33-24)32-17-23-19-38(36-35-23)14-6-11-29-10-5-12-30-22-8-2-1-3-9-22/h15,19,21-22,29-30H,1-14,16-18,20H2,(H,31,39)(H2,40,41,42)(H3,28,32,33,34). The maximum absolute atomic E-state index is 11.8. The van der Waals surface area contributed by atoms with E-state index in [1.165, 1.54) is 32.1 Å². The van der Waals surface area contributed by atoms with Crippen molar-refractivity contribution in [2.24, 2.45) is 5.92 Å². The van der Waals surface area contributed by atoms with E-state index >= 15 is 0 Å². The van der Waals surface area contributed by atoms with Gasteiger partial charge in [-0.3, -0.25) is 14.0 Å². The number of carbonyl (C=O) groups excluding carboxylic acids is 1. The van der Waals surface area contributed by atoms with E-state index in [1.54, 1.807) is 6.07 Å². The number of aryl methyl sites for hydroxylation is 1. The molecule has 1 unspecified atom stereocenters. The van der Waals surface area contributed by atoms with Crippen LogP contribution in [0.1, 0.15) is 63.5 Å². The molecule has 15 nitrogen and oxygen atoms in total. The highest BCUT2D eigenvalue weighted by Gasteiger charge is 2.24. The van der Waals surface area contributed by atoms with Crippen LogP contribution in [0.3, 0.4) is 0 Å². The minimum atomic E-state index is -4.38. The topological polar surface area (TPSA) is 208 Å². The van der Waals surface area contributed by atoms with Gasteiger partial charge < -0.3 is 41.7 Å². The van der Waals surface area contributed by atoms with Gasteiger partial charge in [-0.15, -0.1) is 5.10 Å². The van der Waals surface area contributed by atoms with Crippen molar-refractivity contribution in [3.63, 3.8) is 0 Å². The molecule has 8 N–H and O–H groups in total. The average molecular weight is 622 g/mol. The summed E-state index contributed by atoms with van der Waals surface area (Å²) in [5.41, 5.74) is 6.86. The maximum Gasteiger partial charge on any atom is 0.334 e. The number of hydrogen-bond donors (Lipinski definition) is 7. The van der Waals surface area contributed by atoms with Crippen LogP contribution in [0.25, 0.3) is 0 Å². The highest BCUT2D eigenvalue weighted by molar-refractivity contribution is 7.52. The second kappa shape index (κ2) is 16.9. The summed E-state index contributed by atoms with van der Waals surface area (Å²) < 4.78 is 12.9. The molecule has 2 aromatic rings. The van der Waals surface area contributed by atoms with E-state index in [0.717, 1.165) is 70.1 Å². The lowest BCUT2D eigenvalue weighted by Gasteiger charge is -2.33. The first kappa shape index (κ1) is 33.1. The second-order valence-electron chi connectivity index (χ2n) is 11.6. The van der Waals surface area contributed by atoms with Gasteiger partial charge in [-0.25, -0.2) is 0 Å². The lowest BCUT2D eigenvalue weighted by atomic mass is 9.95. The van der Waals surface area contributed by atoms with E-state index in [9.17, 15) is 9.36 Å². The number of nitrogens with one attached hydrogen (secondary N) is 4. The van der Waals surface area contributed by atoms with E-state index in [0.29, 0.717) is 37.2 Å².